The smallest absolute Gasteiger partial charge is 0.324 e. The summed E-state index contributed by atoms with van der Waals surface area (Å²) in [5, 5.41) is 3.48. The van der Waals surface area contributed by atoms with Crippen LogP contribution >= 0.6 is 11.6 Å². The second kappa shape index (κ2) is 7.57. The van der Waals surface area contributed by atoms with E-state index in [-0.39, 0.29) is 18.5 Å². The predicted molar refractivity (Wildman–Crippen MR) is 100 cm³/mol. The maximum Gasteiger partial charge on any atom is 0.325 e. The molecule has 0 radical (unpaired) electrons. The Morgan fingerprint density at radius 1 is 1.16 bits per heavy atom. The Labute approximate surface area is 152 Å². The Hall–Kier alpha value is -2.53. The van der Waals surface area contributed by atoms with Crippen molar-refractivity contribution in [2.45, 2.75) is 13.3 Å². The number of carbonyl (C=O) groups is 2. The van der Waals surface area contributed by atoms with Gasteiger partial charge in [-0.3, -0.25) is 9.69 Å². The fraction of sp³-hybridized carbons (Fsp3) is 0.263. The van der Waals surface area contributed by atoms with Crippen LogP contribution in [0.15, 0.2) is 48.5 Å². The van der Waals surface area contributed by atoms with E-state index in [1.165, 1.54) is 0 Å². The van der Waals surface area contributed by atoms with E-state index < -0.39 is 0 Å². The molecule has 0 aromatic heterocycles. The summed E-state index contributed by atoms with van der Waals surface area (Å²) in [5.74, 6) is -0.192. The number of urea groups is 1. The van der Waals surface area contributed by atoms with Crippen molar-refractivity contribution in [2.75, 3.05) is 29.9 Å². The van der Waals surface area contributed by atoms with Crippen LogP contribution in [0.4, 0.5) is 16.2 Å². The summed E-state index contributed by atoms with van der Waals surface area (Å²) in [6.07, 6.45) is 0.835. The fourth-order valence-electron chi connectivity index (χ4n) is 2.93. The number of carbonyl (C=O) groups excluding carboxylic acids is 2. The third-order valence-electron chi connectivity index (χ3n) is 4.22. The molecule has 25 heavy (non-hydrogen) atoms. The summed E-state index contributed by atoms with van der Waals surface area (Å²) >= 11 is 5.99. The summed E-state index contributed by atoms with van der Waals surface area (Å²) in [7, 11) is 0. The van der Waals surface area contributed by atoms with Crippen LogP contribution in [0.3, 0.4) is 0 Å². The average Bonchev–Trinajstić information content (AvgIpc) is 2.96. The third kappa shape index (κ3) is 3.94. The second-order valence-corrected chi connectivity index (χ2v) is 6.33. The van der Waals surface area contributed by atoms with Crippen molar-refractivity contribution in [3.63, 3.8) is 0 Å². The van der Waals surface area contributed by atoms with Crippen molar-refractivity contribution in [1.29, 1.82) is 0 Å². The number of nitrogens with zero attached hydrogens (tertiary/aromatic N) is 2. The molecular formula is C19H20ClN3O2. The number of hydrogen-bond donors (Lipinski definition) is 1. The first-order valence-corrected chi connectivity index (χ1v) is 8.66. The maximum absolute atomic E-state index is 12.6. The zero-order valence-corrected chi connectivity index (χ0v) is 14.8. The van der Waals surface area contributed by atoms with Crippen LogP contribution in [0, 0.1) is 0 Å². The van der Waals surface area contributed by atoms with Crippen molar-refractivity contribution in [3.8, 4) is 0 Å². The van der Waals surface area contributed by atoms with Gasteiger partial charge in [0.15, 0.2) is 0 Å². The molecule has 0 atom stereocenters. The summed E-state index contributed by atoms with van der Waals surface area (Å²) in [6, 6.07) is 14.7. The average molecular weight is 358 g/mol. The van der Waals surface area contributed by atoms with Crippen molar-refractivity contribution in [1.82, 2.24) is 4.90 Å². The van der Waals surface area contributed by atoms with Crippen molar-refractivity contribution in [2.24, 2.45) is 0 Å². The number of halogens is 1. The first-order valence-electron chi connectivity index (χ1n) is 8.28. The lowest BCUT2D eigenvalue weighted by Gasteiger charge is -2.19. The zero-order chi connectivity index (χ0) is 17.8. The van der Waals surface area contributed by atoms with Crippen molar-refractivity contribution in [3.05, 3.63) is 59.1 Å². The lowest BCUT2D eigenvalue weighted by molar-refractivity contribution is -0.116. The first-order chi connectivity index (χ1) is 12.1. The topological polar surface area (TPSA) is 52.7 Å². The van der Waals surface area contributed by atoms with Crippen LogP contribution in [-0.4, -0.2) is 36.5 Å². The molecule has 2 aromatic carbocycles. The van der Waals surface area contributed by atoms with Crippen LogP contribution in [0.2, 0.25) is 5.02 Å². The fourth-order valence-corrected chi connectivity index (χ4v) is 3.11. The minimum atomic E-state index is -0.192. The molecule has 130 valence electrons. The van der Waals surface area contributed by atoms with Gasteiger partial charge in [0, 0.05) is 29.5 Å². The first kappa shape index (κ1) is 17.3. The lowest BCUT2D eigenvalue weighted by atomic mass is 10.1. The van der Waals surface area contributed by atoms with Gasteiger partial charge >= 0.3 is 6.03 Å². The molecule has 0 saturated carbocycles. The molecule has 1 aliphatic heterocycles. The summed E-state index contributed by atoms with van der Waals surface area (Å²) in [5.41, 5.74) is 2.62. The van der Waals surface area contributed by atoms with E-state index in [1.807, 2.05) is 43.3 Å². The molecular weight excluding hydrogens is 338 g/mol. The lowest BCUT2D eigenvalue weighted by Crippen LogP contribution is -2.37. The minimum Gasteiger partial charge on any atom is -0.324 e. The molecule has 1 N–H and O–H groups in total. The van der Waals surface area contributed by atoms with E-state index in [4.69, 9.17) is 11.6 Å². The Balaban J connectivity index is 1.64. The SMILES string of the molecule is CCc1ccccc1NC(=O)CN1CCN(c2cccc(Cl)c2)C1=O. The number of hydrogen-bond acceptors (Lipinski definition) is 2. The van der Waals surface area contributed by atoms with Gasteiger partial charge < -0.3 is 10.2 Å². The summed E-state index contributed by atoms with van der Waals surface area (Å²) < 4.78 is 0. The number of anilines is 2. The largest absolute Gasteiger partial charge is 0.325 e. The highest BCUT2D eigenvalue weighted by Crippen LogP contribution is 2.23. The van der Waals surface area contributed by atoms with E-state index in [9.17, 15) is 9.59 Å². The van der Waals surface area contributed by atoms with Crippen molar-refractivity contribution < 1.29 is 9.59 Å². The number of para-hydroxylation sites is 1. The normalized spacial score (nSPS) is 14.1. The molecule has 6 heteroatoms. The zero-order valence-electron chi connectivity index (χ0n) is 14.0. The Kier molecular flexibility index (Phi) is 5.24. The highest BCUT2D eigenvalue weighted by Gasteiger charge is 2.30. The molecule has 1 saturated heterocycles. The van der Waals surface area contributed by atoms with Gasteiger partial charge in [-0.15, -0.1) is 0 Å². The Morgan fingerprint density at radius 3 is 2.72 bits per heavy atom. The molecule has 0 spiro atoms. The number of amides is 3. The third-order valence-corrected chi connectivity index (χ3v) is 4.46. The van der Waals surface area contributed by atoms with E-state index in [2.05, 4.69) is 5.32 Å². The maximum atomic E-state index is 12.6. The van der Waals surface area contributed by atoms with Gasteiger partial charge in [-0.25, -0.2) is 4.79 Å². The number of rotatable bonds is 5. The van der Waals surface area contributed by atoms with Gasteiger partial charge in [-0.2, -0.15) is 0 Å². The highest BCUT2D eigenvalue weighted by atomic mass is 35.5. The van der Waals surface area contributed by atoms with E-state index in [0.29, 0.717) is 18.1 Å². The van der Waals surface area contributed by atoms with Crippen LogP contribution in [0.1, 0.15) is 12.5 Å². The second-order valence-electron chi connectivity index (χ2n) is 5.89. The minimum absolute atomic E-state index is 0.0357. The van der Waals surface area contributed by atoms with E-state index >= 15 is 0 Å². The van der Waals surface area contributed by atoms with Gasteiger partial charge in [-0.1, -0.05) is 42.8 Å². The molecule has 2 aromatic rings. The quantitative estimate of drug-likeness (QED) is 0.885. The predicted octanol–water partition coefficient (Wildman–Crippen LogP) is 3.78. The number of nitrogens with one attached hydrogen (secondary N) is 1. The molecule has 0 aliphatic carbocycles. The van der Waals surface area contributed by atoms with Gasteiger partial charge in [0.2, 0.25) is 5.91 Å². The van der Waals surface area contributed by atoms with Crippen LogP contribution in [0.25, 0.3) is 0 Å². The molecule has 1 aliphatic rings. The molecule has 0 unspecified atom stereocenters. The number of benzene rings is 2. The molecule has 1 fully saturated rings. The van der Waals surface area contributed by atoms with Gasteiger partial charge in [0.25, 0.3) is 0 Å². The van der Waals surface area contributed by atoms with Gasteiger partial charge in [0.05, 0.1) is 0 Å². The summed E-state index contributed by atoms with van der Waals surface area (Å²) in [6.45, 7) is 3.12. The van der Waals surface area contributed by atoms with Crippen molar-refractivity contribution >= 4 is 34.9 Å². The van der Waals surface area contributed by atoms with Gasteiger partial charge in [0.1, 0.15) is 6.54 Å². The molecule has 0 bridgehead atoms. The van der Waals surface area contributed by atoms with E-state index in [0.717, 1.165) is 23.4 Å². The monoisotopic (exact) mass is 357 g/mol. The highest BCUT2D eigenvalue weighted by molar-refractivity contribution is 6.30. The Morgan fingerprint density at radius 2 is 1.96 bits per heavy atom. The Bertz CT molecular complexity index is 794. The summed E-state index contributed by atoms with van der Waals surface area (Å²) in [4.78, 5) is 28.1. The number of aryl methyl sites for hydroxylation is 1. The molecule has 5 nitrogen and oxygen atoms in total. The standard InChI is InChI=1S/C19H20ClN3O2/c1-2-14-6-3-4-9-17(14)21-18(24)13-22-10-11-23(19(22)25)16-8-5-7-15(20)12-16/h3-9,12H,2,10-11,13H2,1H3,(H,21,24). The van der Waals surface area contributed by atoms with Crippen LogP contribution in [0.5, 0.6) is 0 Å². The molecule has 3 amide bonds. The van der Waals surface area contributed by atoms with Crippen LogP contribution < -0.4 is 10.2 Å². The van der Waals surface area contributed by atoms with Crippen LogP contribution in [-0.2, 0) is 11.2 Å². The van der Waals surface area contributed by atoms with Gasteiger partial charge in [-0.05, 0) is 36.2 Å². The van der Waals surface area contributed by atoms with E-state index in [1.54, 1.807) is 21.9 Å². The molecule has 3 rings (SSSR count). The molecule has 1 heterocycles.